The van der Waals surface area contributed by atoms with Crippen molar-refractivity contribution < 1.29 is 14.7 Å². The molecule has 1 fully saturated rings. The fourth-order valence-electron chi connectivity index (χ4n) is 2.22. The normalized spacial score (nSPS) is 18.5. The number of rotatable bonds is 4. The fraction of sp³-hybridized carbons (Fsp3) is 0.833. The van der Waals surface area contributed by atoms with Crippen molar-refractivity contribution in [2.24, 2.45) is 5.41 Å². The number of nitrogens with one attached hydrogen (secondary N) is 1. The summed E-state index contributed by atoms with van der Waals surface area (Å²) in [6.45, 7) is 2.74. The third-order valence-electron chi connectivity index (χ3n) is 3.66. The van der Waals surface area contributed by atoms with Crippen molar-refractivity contribution >= 4 is 12.0 Å². The van der Waals surface area contributed by atoms with Crippen LogP contribution in [0.1, 0.15) is 39.0 Å². The van der Waals surface area contributed by atoms with Gasteiger partial charge in [-0.2, -0.15) is 0 Å². The Labute approximate surface area is 102 Å². The molecule has 0 aromatic rings. The summed E-state index contributed by atoms with van der Waals surface area (Å²) in [6, 6.07) is -0.196. The molecule has 1 aliphatic rings. The van der Waals surface area contributed by atoms with Crippen LogP contribution in [-0.2, 0) is 4.79 Å². The minimum atomic E-state index is -0.781. The van der Waals surface area contributed by atoms with E-state index in [1.807, 2.05) is 6.92 Å². The van der Waals surface area contributed by atoms with Crippen LogP contribution < -0.4 is 5.32 Å². The van der Waals surface area contributed by atoms with Gasteiger partial charge in [0, 0.05) is 20.1 Å². The third-order valence-corrected chi connectivity index (χ3v) is 3.66. The van der Waals surface area contributed by atoms with E-state index in [9.17, 15) is 14.7 Å². The van der Waals surface area contributed by atoms with Crippen LogP contribution in [0.15, 0.2) is 0 Å². The van der Waals surface area contributed by atoms with Crippen molar-refractivity contribution in [3.63, 3.8) is 0 Å². The first-order chi connectivity index (χ1) is 8.02. The quantitative estimate of drug-likeness (QED) is 0.788. The monoisotopic (exact) mass is 242 g/mol. The van der Waals surface area contributed by atoms with Crippen LogP contribution in [-0.4, -0.2) is 42.1 Å². The zero-order chi connectivity index (χ0) is 12.9. The van der Waals surface area contributed by atoms with E-state index in [1.165, 1.54) is 0 Å². The van der Waals surface area contributed by atoms with Crippen molar-refractivity contribution in [1.82, 2.24) is 10.2 Å². The molecule has 0 unspecified atom stereocenters. The summed E-state index contributed by atoms with van der Waals surface area (Å²) in [5, 5.41) is 12.1. The van der Waals surface area contributed by atoms with Gasteiger partial charge in [-0.05, 0) is 19.8 Å². The second-order valence-electron chi connectivity index (χ2n) is 4.82. The third kappa shape index (κ3) is 3.35. The van der Waals surface area contributed by atoms with Gasteiger partial charge in [0.2, 0.25) is 0 Å². The summed E-state index contributed by atoms with van der Waals surface area (Å²) in [5.74, 6) is -0.781. The minimum absolute atomic E-state index is 0.196. The highest BCUT2D eigenvalue weighted by atomic mass is 16.4. The molecule has 0 radical (unpaired) electrons. The number of amides is 2. The Hall–Kier alpha value is -1.26. The molecule has 5 heteroatoms. The second kappa shape index (κ2) is 5.89. The van der Waals surface area contributed by atoms with Gasteiger partial charge in [-0.25, -0.2) is 4.79 Å². The molecule has 0 atom stereocenters. The number of hydrogen-bond donors (Lipinski definition) is 2. The van der Waals surface area contributed by atoms with Crippen LogP contribution in [0.5, 0.6) is 0 Å². The maximum Gasteiger partial charge on any atom is 0.317 e. The van der Waals surface area contributed by atoms with Crippen molar-refractivity contribution in [2.45, 2.75) is 39.0 Å². The second-order valence-corrected chi connectivity index (χ2v) is 4.82. The van der Waals surface area contributed by atoms with Crippen LogP contribution in [0.2, 0.25) is 0 Å². The molecule has 2 amide bonds. The Morgan fingerprint density at radius 2 is 1.88 bits per heavy atom. The van der Waals surface area contributed by atoms with Crippen LogP contribution in [0.3, 0.4) is 0 Å². The van der Waals surface area contributed by atoms with Crippen molar-refractivity contribution in [3.05, 3.63) is 0 Å². The first kappa shape index (κ1) is 13.8. The molecule has 0 bridgehead atoms. The summed E-state index contributed by atoms with van der Waals surface area (Å²) in [4.78, 5) is 24.5. The molecule has 0 spiro atoms. The van der Waals surface area contributed by atoms with E-state index in [-0.39, 0.29) is 12.6 Å². The number of urea groups is 1. The van der Waals surface area contributed by atoms with Gasteiger partial charge in [-0.15, -0.1) is 0 Å². The number of carbonyl (C=O) groups excluding carboxylic acids is 1. The van der Waals surface area contributed by atoms with Gasteiger partial charge in [0.1, 0.15) is 0 Å². The van der Waals surface area contributed by atoms with Crippen LogP contribution in [0.25, 0.3) is 0 Å². The van der Waals surface area contributed by atoms with E-state index in [1.54, 1.807) is 11.9 Å². The lowest BCUT2D eigenvalue weighted by molar-refractivity contribution is -0.150. The van der Waals surface area contributed by atoms with E-state index in [0.29, 0.717) is 19.4 Å². The molecule has 5 nitrogen and oxygen atoms in total. The highest BCUT2D eigenvalue weighted by molar-refractivity contribution is 5.78. The van der Waals surface area contributed by atoms with E-state index >= 15 is 0 Å². The first-order valence-electron chi connectivity index (χ1n) is 6.24. The topological polar surface area (TPSA) is 69.6 Å². The minimum Gasteiger partial charge on any atom is -0.481 e. The van der Waals surface area contributed by atoms with E-state index in [4.69, 9.17) is 0 Å². The molecule has 1 aliphatic carbocycles. The number of nitrogens with zero attached hydrogens (tertiary/aromatic N) is 1. The Kier molecular flexibility index (Phi) is 4.78. The lowest BCUT2D eigenvalue weighted by Gasteiger charge is -2.33. The Morgan fingerprint density at radius 3 is 2.35 bits per heavy atom. The average molecular weight is 242 g/mol. The smallest absolute Gasteiger partial charge is 0.317 e. The summed E-state index contributed by atoms with van der Waals surface area (Å²) >= 11 is 0. The van der Waals surface area contributed by atoms with Crippen LogP contribution in [0.4, 0.5) is 4.79 Å². The molecule has 0 heterocycles. The van der Waals surface area contributed by atoms with Crippen molar-refractivity contribution in [3.8, 4) is 0 Å². The van der Waals surface area contributed by atoms with Gasteiger partial charge < -0.3 is 15.3 Å². The van der Waals surface area contributed by atoms with E-state index in [2.05, 4.69) is 5.32 Å². The maximum absolute atomic E-state index is 11.6. The predicted octanol–water partition coefficient (Wildman–Crippen LogP) is 1.68. The van der Waals surface area contributed by atoms with Crippen molar-refractivity contribution in [1.29, 1.82) is 0 Å². The summed E-state index contributed by atoms with van der Waals surface area (Å²) in [6.07, 6.45) is 4.30. The molecule has 0 aliphatic heterocycles. The lowest BCUT2D eigenvalue weighted by atomic mass is 9.74. The number of hydrogen-bond acceptors (Lipinski definition) is 2. The van der Waals surface area contributed by atoms with Gasteiger partial charge in [0.25, 0.3) is 0 Å². The number of carbonyl (C=O) groups is 2. The summed E-state index contributed by atoms with van der Waals surface area (Å²) in [7, 11) is 1.70. The van der Waals surface area contributed by atoms with Crippen LogP contribution in [0, 0.1) is 5.41 Å². The Morgan fingerprint density at radius 1 is 1.29 bits per heavy atom. The molecular weight excluding hydrogens is 220 g/mol. The van der Waals surface area contributed by atoms with Gasteiger partial charge >= 0.3 is 12.0 Å². The lowest BCUT2D eigenvalue weighted by Crippen LogP contribution is -2.47. The number of carboxylic acid groups (broad SMARTS) is 1. The molecule has 0 aromatic carbocycles. The molecule has 2 N–H and O–H groups in total. The molecule has 0 aromatic heterocycles. The fourth-order valence-corrected chi connectivity index (χ4v) is 2.22. The van der Waals surface area contributed by atoms with E-state index in [0.717, 1.165) is 19.3 Å². The largest absolute Gasteiger partial charge is 0.481 e. The summed E-state index contributed by atoms with van der Waals surface area (Å²) < 4.78 is 0. The molecule has 1 saturated carbocycles. The van der Waals surface area contributed by atoms with Crippen LogP contribution >= 0.6 is 0 Å². The number of aliphatic carboxylic acids is 1. The highest BCUT2D eigenvalue weighted by Gasteiger charge is 2.39. The van der Waals surface area contributed by atoms with Gasteiger partial charge in [-0.3, -0.25) is 4.79 Å². The SMILES string of the molecule is CCN(C)C(=O)NCC1(C(=O)O)CCCCC1. The maximum atomic E-state index is 11.6. The predicted molar refractivity (Wildman–Crippen MR) is 64.9 cm³/mol. The van der Waals surface area contributed by atoms with Gasteiger partial charge in [0.05, 0.1) is 5.41 Å². The standard InChI is InChI=1S/C12H22N2O3/c1-3-14(2)11(17)13-9-12(10(15)16)7-5-4-6-8-12/h3-9H2,1-2H3,(H,13,17)(H,15,16). The molecule has 0 saturated heterocycles. The highest BCUT2D eigenvalue weighted by Crippen LogP contribution is 2.35. The van der Waals surface area contributed by atoms with E-state index < -0.39 is 11.4 Å². The average Bonchev–Trinajstić information content (AvgIpc) is 2.35. The van der Waals surface area contributed by atoms with Gasteiger partial charge in [-0.1, -0.05) is 19.3 Å². The number of carboxylic acids is 1. The zero-order valence-corrected chi connectivity index (χ0v) is 10.7. The summed E-state index contributed by atoms with van der Waals surface area (Å²) in [5.41, 5.74) is -0.748. The molecule has 17 heavy (non-hydrogen) atoms. The Balaban J connectivity index is 2.56. The Bertz CT molecular complexity index is 285. The molecular formula is C12H22N2O3. The first-order valence-corrected chi connectivity index (χ1v) is 6.24. The zero-order valence-electron chi connectivity index (χ0n) is 10.7. The van der Waals surface area contributed by atoms with Gasteiger partial charge in [0.15, 0.2) is 0 Å². The molecule has 1 rings (SSSR count). The van der Waals surface area contributed by atoms with Crippen molar-refractivity contribution in [2.75, 3.05) is 20.1 Å². The molecule has 98 valence electrons.